The number of ether oxygens (including phenoxy) is 1. The van der Waals surface area contributed by atoms with Gasteiger partial charge in [-0.15, -0.1) is 11.3 Å². The van der Waals surface area contributed by atoms with Crippen LogP contribution in [0.25, 0.3) is 0 Å². The maximum atomic E-state index is 11.5. The van der Waals surface area contributed by atoms with Gasteiger partial charge in [0.2, 0.25) is 0 Å². The van der Waals surface area contributed by atoms with Crippen molar-refractivity contribution in [2.45, 2.75) is 33.6 Å². The number of aromatic nitrogens is 1. The maximum Gasteiger partial charge on any atom is 0.357 e. The summed E-state index contributed by atoms with van der Waals surface area (Å²) in [6, 6.07) is 0. The summed E-state index contributed by atoms with van der Waals surface area (Å²) in [5, 5.41) is 2.67. The van der Waals surface area contributed by atoms with Gasteiger partial charge in [-0.05, 0) is 20.3 Å². The van der Waals surface area contributed by atoms with Gasteiger partial charge in [0.1, 0.15) is 0 Å². The zero-order chi connectivity index (χ0) is 12.7. The summed E-state index contributed by atoms with van der Waals surface area (Å²) in [6.07, 6.45) is 2.30. The zero-order valence-electron chi connectivity index (χ0n) is 10.7. The fourth-order valence-corrected chi connectivity index (χ4v) is 2.33. The number of anilines is 1. The number of hydrogen-bond donors (Lipinski definition) is 0. The van der Waals surface area contributed by atoms with E-state index < -0.39 is 0 Å². The Kier molecular flexibility index (Phi) is 5.97. The Morgan fingerprint density at radius 1 is 1.47 bits per heavy atom. The minimum absolute atomic E-state index is 0.332. The van der Waals surface area contributed by atoms with Crippen LogP contribution in [0.2, 0.25) is 0 Å². The first-order valence-electron chi connectivity index (χ1n) is 6.10. The largest absolute Gasteiger partial charge is 0.461 e. The lowest BCUT2D eigenvalue weighted by atomic mass is 10.3. The van der Waals surface area contributed by atoms with Crippen LogP contribution in [-0.2, 0) is 4.74 Å². The van der Waals surface area contributed by atoms with Gasteiger partial charge >= 0.3 is 5.97 Å². The molecule has 0 saturated heterocycles. The number of thiazole rings is 1. The van der Waals surface area contributed by atoms with E-state index >= 15 is 0 Å². The molecule has 1 aromatic heterocycles. The first kappa shape index (κ1) is 14.0. The highest BCUT2D eigenvalue weighted by Crippen LogP contribution is 2.21. The topological polar surface area (TPSA) is 42.4 Å². The quantitative estimate of drug-likeness (QED) is 0.703. The summed E-state index contributed by atoms with van der Waals surface area (Å²) in [5.41, 5.74) is 0.418. The number of nitrogens with zero attached hydrogens (tertiary/aromatic N) is 2. The van der Waals surface area contributed by atoms with Crippen LogP contribution < -0.4 is 4.90 Å². The van der Waals surface area contributed by atoms with Crippen molar-refractivity contribution in [3.8, 4) is 0 Å². The van der Waals surface area contributed by atoms with Crippen molar-refractivity contribution in [1.82, 2.24) is 4.98 Å². The van der Waals surface area contributed by atoms with Gasteiger partial charge in [-0.25, -0.2) is 9.78 Å². The van der Waals surface area contributed by atoms with Crippen molar-refractivity contribution < 1.29 is 9.53 Å². The lowest BCUT2D eigenvalue weighted by Gasteiger charge is -2.18. The van der Waals surface area contributed by atoms with Gasteiger partial charge < -0.3 is 9.64 Å². The molecule has 0 aliphatic carbocycles. The zero-order valence-corrected chi connectivity index (χ0v) is 11.5. The number of carbonyl (C=O) groups is 1. The normalized spacial score (nSPS) is 10.3. The molecule has 1 aromatic rings. The second kappa shape index (κ2) is 7.27. The Bertz CT molecular complexity index is 352. The SMILES string of the molecule is CCCCN(CC)c1nc(C(=O)OCC)cs1. The first-order chi connectivity index (χ1) is 8.22. The third-order valence-electron chi connectivity index (χ3n) is 2.41. The highest BCUT2D eigenvalue weighted by atomic mass is 32.1. The van der Waals surface area contributed by atoms with Crippen LogP contribution in [0.5, 0.6) is 0 Å². The van der Waals surface area contributed by atoms with Crippen LogP contribution in [0.4, 0.5) is 5.13 Å². The van der Waals surface area contributed by atoms with E-state index in [1.165, 1.54) is 11.3 Å². The molecule has 0 radical (unpaired) electrons. The van der Waals surface area contributed by atoms with Crippen molar-refractivity contribution in [1.29, 1.82) is 0 Å². The third-order valence-corrected chi connectivity index (χ3v) is 3.31. The molecule has 0 aromatic carbocycles. The number of carbonyl (C=O) groups excluding carboxylic acids is 1. The van der Waals surface area contributed by atoms with Gasteiger partial charge in [0.15, 0.2) is 10.8 Å². The second-order valence-corrected chi connectivity index (χ2v) is 4.51. The van der Waals surface area contributed by atoms with E-state index in [1.54, 1.807) is 12.3 Å². The summed E-state index contributed by atoms with van der Waals surface area (Å²) >= 11 is 1.50. The highest BCUT2D eigenvalue weighted by Gasteiger charge is 2.14. The number of unbranched alkanes of at least 4 members (excludes halogenated alkanes) is 1. The monoisotopic (exact) mass is 256 g/mol. The second-order valence-electron chi connectivity index (χ2n) is 3.67. The average molecular weight is 256 g/mol. The summed E-state index contributed by atoms with van der Waals surface area (Å²) in [5.74, 6) is -0.332. The van der Waals surface area contributed by atoms with E-state index in [4.69, 9.17) is 4.74 Å². The highest BCUT2D eigenvalue weighted by molar-refractivity contribution is 7.13. The van der Waals surface area contributed by atoms with E-state index in [0.29, 0.717) is 12.3 Å². The molecule has 0 atom stereocenters. The van der Waals surface area contributed by atoms with Gasteiger partial charge in [0.05, 0.1) is 6.61 Å². The average Bonchev–Trinajstić information content (AvgIpc) is 2.80. The molecule has 0 N–H and O–H groups in total. The van der Waals surface area contributed by atoms with E-state index in [9.17, 15) is 4.79 Å². The molecular formula is C12H20N2O2S. The number of hydrogen-bond acceptors (Lipinski definition) is 5. The van der Waals surface area contributed by atoms with Crippen molar-refractivity contribution in [3.05, 3.63) is 11.1 Å². The Morgan fingerprint density at radius 3 is 2.82 bits per heavy atom. The molecule has 5 heteroatoms. The minimum atomic E-state index is -0.332. The van der Waals surface area contributed by atoms with Crippen LogP contribution in [0.1, 0.15) is 44.1 Å². The number of esters is 1. The summed E-state index contributed by atoms with van der Waals surface area (Å²) in [7, 11) is 0. The fourth-order valence-electron chi connectivity index (χ4n) is 1.45. The Hall–Kier alpha value is -1.10. The van der Waals surface area contributed by atoms with Crippen LogP contribution in [0, 0.1) is 0 Å². The van der Waals surface area contributed by atoms with E-state index in [1.807, 2.05) is 0 Å². The van der Waals surface area contributed by atoms with Crippen molar-refractivity contribution >= 4 is 22.4 Å². The van der Waals surface area contributed by atoms with Crippen molar-refractivity contribution in [2.24, 2.45) is 0 Å². The van der Waals surface area contributed by atoms with Gasteiger partial charge in [0, 0.05) is 18.5 Å². The van der Waals surface area contributed by atoms with E-state index in [2.05, 4.69) is 23.7 Å². The molecule has 0 amide bonds. The molecule has 0 unspecified atom stereocenters. The Morgan fingerprint density at radius 2 is 2.24 bits per heavy atom. The van der Waals surface area contributed by atoms with Crippen LogP contribution in [0.15, 0.2) is 5.38 Å². The smallest absolute Gasteiger partial charge is 0.357 e. The molecule has 17 heavy (non-hydrogen) atoms. The van der Waals surface area contributed by atoms with Gasteiger partial charge in [0.25, 0.3) is 0 Å². The molecule has 0 aliphatic heterocycles. The molecule has 0 spiro atoms. The van der Waals surface area contributed by atoms with Gasteiger partial charge in [-0.2, -0.15) is 0 Å². The van der Waals surface area contributed by atoms with E-state index in [-0.39, 0.29) is 5.97 Å². The summed E-state index contributed by atoms with van der Waals surface area (Å²) in [6.45, 7) is 8.35. The van der Waals surface area contributed by atoms with Crippen molar-refractivity contribution in [3.63, 3.8) is 0 Å². The molecule has 1 rings (SSSR count). The van der Waals surface area contributed by atoms with Crippen LogP contribution in [-0.4, -0.2) is 30.6 Å². The molecule has 0 fully saturated rings. The molecule has 0 saturated carbocycles. The van der Waals surface area contributed by atoms with E-state index in [0.717, 1.165) is 31.1 Å². The lowest BCUT2D eigenvalue weighted by molar-refractivity contribution is 0.0520. The standard InChI is InChI=1S/C12H20N2O2S/c1-4-7-8-14(5-2)12-13-10(9-17-12)11(15)16-6-3/h9H,4-8H2,1-3H3. The maximum absolute atomic E-state index is 11.5. The molecule has 1 heterocycles. The molecular weight excluding hydrogens is 236 g/mol. The third kappa shape index (κ3) is 4.00. The predicted octanol–water partition coefficient (Wildman–Crippen LogP) is 2.95. The summed E-state index contributed by atoms with van der Waals surface area (Å²) < 4.78 is 4.92. The predicted molar refractivity (Wildman–Crippen MR) is 70.9 cm³/mol. The van der Waals surface area contributed by atoms with Crippen molar-refractivity contribution in [2.75, 3.05) is 24.6 Å². The fraction of sp³-hybridized carbons (Fsp3) is 0.667. The first-order valence-corrected chi connectivity index (χ1v) is 6.98. The Balaban J connectivity index is 2.67. The van der Waals surface area contributed by atoms with Gasteiger partial charge in [-0.1, -0.05) is 13.3 Å². The molecule has 4 nitrogen and oxygen atoms in total. The Labute approximate surface area is 107 Å². The molecule has 96 valence electrons. The summed E-state index contributed by atoms with van der Waals surface area (Å²) in [4.78, 5) is 18.0. The minimum Gasteiger partial charge on any atom is -0.461 e. The van der Waals surface area contributed by atoms with Crippen LogP contribution >= 0.6 is 11.3 Å². The molecule has 0 bridgehead atoms. The number of rotatable bonds is 7. The lowest BCUT2D eigenvalue weighted by Crippen LogP contribution is -2.23. The van der Waals surface area contributed by atoms with Gasteiger partial charge in [-0.3, -0.25) is 0 Å². The molecule has 0 aliphatic rings. The van der Waals surface area contributed by atoms with Crippen LogP contribution in [0.3, 0.4) is 0 Å².